The molecule has 69 valence electrons. The Labute approximate surface area is 90.9 Å². The molecule has 0 atom stereocenters. The summed E-state index contributed by atoms with van der Waals surface area (Å²) >= 11 is 1.33. The van der Waals surface area contributed by atoms with Crippen LogP contribution in [0.4, 0.5) is 0 Å². The Morgan fingerprint density at radius 3 is 2.73 bits per heavy atom. The molecule has 15 heavy (non-hydrogen) atoms. The molecule has 0 N–H and O–H groups in total. The minimum atomic E-state index is 0.539. The Kier molecular flexibility index (Phi) is 2.45. The summed E-state index contributed by atoms with van der Waals surface area (Å²) in [5.74, 6) is 0. The van der Waals surface area contributed by atoms with Crippen molar-refractivity contribution >= 4 is 11.3 Å². The van der Waals surface area contributed by atoms with Gasteiger partial charge < -0.3 is 0 Å². The molecule has 0 aliphatic carbocycles. The first-order valence-corrected chi connectivity index (χ1v) is 4.93. The van der Waals surface area contributed by atoms with Crippen molar-refractivity contribution < 1.29 is 0 Å². The van der Waals surface area contributed by atoms with Crippen LogP contribution in [0.3, 0.4) is 0 Å². The number of rotatable bonds is 1. The molecular weight excluding hydrogens is 206 g/mol. The number of thiazole rings is 1. The normalized spacial score (nSPS) is 9.20. The van der Waals surface area contributed by atoms with Gasteiger partial charge in [0.15, 0.2) is 5.51 Å². The number of hydrogen-bond acceptors (Lipinski definition) is 4. The maximum atomic E-state index is 8.92. The lowest BCUT2D eigenvalue weighted by Gasteiger charge is -1.99. The summed E-state index contributed by atoms with van der Waals surface area (Å²) in [6, 6.07) is 9.11. The first kappa shape index (κ1) is 9.39. The number of benzene rings is 1. The van der Waals surface area contributed by atoms with Crippen LogP contribution in [0.1, 0.15) is 11.1 Å². The van der Waals surface area contributed by atoms with Gasteiger partial charge in [0, 0.05) is 11.8 Å². The molecule has 0 aliphatic heterocycles. The van der Waals surface area contributed by atoms with Crippen LogP contribution in [0, 0.1) is 28.2 Å². The maximum Gasteiger partial charge on any atom is 0.152 e. The molecule has 0 amide bonds. The average Bonchev–Trinajstić information content (AvgIpc) is 2.81. The smallest absolute Gasteiger partial charge is 0.152 e. The predicted molar refractivity (Wildman–Crippen MR) is 55.8 cm³/mol. The molecule has 0 unspecified atom stereocenters. The van der Waals surface area contributed by atoms with Gasteiger partial charge in [-0.25, -0.2) is 4.98 Å². The highest BCUT2D eigenvalue weighted by Crippen LogP contribution is 2.27. The van der Waals surface area contributed by atoms with E-state index in [1.165, 1.54) is 11.3 Å². The third-order valence-electron chi connectivity index (χ3n) is 1.92. The van der Waals surface area contributed by atoms with Gasteiger partial charge in [-0.15, -0.1) is 11.3 Å². The molecule has 1 aromatic heterocycles. The zero-order chi connectivity index (χ0) is 10.7. The monoisotopic (exact) mass is 210 g/mol. The molecular formula is C11H4N3S. The van der Waals surface area contributed by atoms with Crippen molar-refractivity contribution in [2.75, 3.05) is 0 Å². The zero-order valence-electron chi connectivity index (χ0n) is 7.56. The third-order valence-corrected chi connectivity index (χ3v) is 2.67. The first-order valence-electron chi connectivity index (χ1n) is 4.11. The molecule has 0 saturated heterocycles. The summed E-state index contributed by atoms with van der Waals surface area (Å²) < 4.78 is 0. The average molecular weight is 210 g/mol. The summed E-state index contributed by atoms with van der Waals surface area (Å²) in [7, 11) is 0. The molecule has 0 bridgehead atoms. The lowest BCUT2D eigenvalue weighted by Crippen LogP contribution is -1.83. The van der Waals surface area contributed by atoms with E-state index in [0.717, 1.165) is 10.4 Å². The Balaban J connectivity index is 2.65. The molecule has 2 rings (SSSR count). The van der Waals surface area contributed by atoms with Crippen molar-refractivity contribution in [3.63, 3.8) is 0 Å². The molecule has 1 radical (unpaired) electrons. The van der Waals surface area contributed by atoms with Crippen LogP contribution in [-0.2, 0) is 0 Å². The van der Waals surface area contributed by atoms with Crippen LogP contribution in [0.15, 0.2) is 24.4 Å². The second kappa shape index (κ2) is 3.91. The minimum absolute atomic E-state index is 0.539. The van der Waals surface area contributed by atoms with E-state index < -0.39 is 0 Å². The van der Waals surface area contributed by atoms with Gasteiger partial charge in [0.2, 0.25) is 0 Å². The summed E-state index contributed by atoms with van der Waals surface area (Å²) in [6.07, 6.45) is 1.64. The van der Waals surface area contributed by atoms with Crippen molar-refractivity contribution in [2.45, 2.75) is 0 Å². The highest BCUT2D eigenvalue weighted by molar-refractivity contribution is 7.12. The number of hydrogen-bond donors (Lipinski definition) is 0. The van der Waals surface area contributed by atoms with Crippen LogP contribution < -0.4 is 0 Å². The van der Waals surface area contributed by atoms with E-state index in [0.29, 0.717) is 11.1 Å². The van der Waals surface area contributed by atoms with Crippen LogP contribution in [0.2, 0.25) is 0 Å². The highest BCUT2D eigenvalue weighted by atomic mass is 32.1. The van der Waals surface area contributed by atoms with Crippen molar-refractivity contribution in [1.82, 2.24) is 4.98 Å². The van der Waals surface area contributed by atoms with E-state index >= 15 is 0 Å². The molecule has 0 aliphatic rings. The summed E-state index contributed by atoms with van der Waals surface area (Å²) in [6.45, 7) is 0. The second-order valence-electron chi connectivity index (χ2n) is 2.80. The lowest BCUT2D eigenvalue weighted by molar-refractivity contribution is 1.40. The topological polar surface area (TPSA) is 60.5 Å². The summed E-state index contributed by atoms with van der Waals surface area (Å²) in [5, 5.41) is 17.7. The Hall–Kier alpha value is -2.17. The molecule has 0 fully saturated rings. The van der Waals surface area contributed by atoms with Gasteiger partial charge in [0.05, 0.1) is 28.1 Å². The molecule has 4 heteroatoms. The Morgan fingerprint density at radius 1 is 1.27 bits per heavy atom. The van der Waals surface area contributed by atoms with Crippen LogP contribution >= 0.6 is 11.3 Å². The van der Waals surface area contributed by atoms with Crippen molar-refractivity contribution in [1.29, 1.82) is 10.5 Å². The largest absolute Gasteiger partial charge is 0.241 e. The van der Waals surface area contributed by atoms with Gasteiger partial charge in [-0.3, -0.25) is 0 Å². The van der Waals surface area contributed by atoms with Crippen LogP contribution in [0.25, 0.3) is 10.4 Å². The van der Waals surface area contributed by atoms with Gasteiger partial charge in [0.1, 0.15) is 0 Å². The Bertz CT molecular complexity index is 559. The number of aromatic nitrogens is 1. The van der Waals surface area contributed by atoms with E-state index in [-0.39, 0.29) is 0 Å². The molecule has 1 aromatic carbocycles. The number of nitriles is 2. The second-order valence-corrected chi connectivity index (χ2v) is 3.63. The standard InChI is InChI=1S/C11H4N3S/c12-4-8-1-2-9(5-13)10(3-8)11-6-14-7-15-11/h1-3,6H. The lowest BCUT2D eigenvalue weighted by atomic mass is 10.0. The fourth-order valence-electron chi connectivity index (χ4n) is 1.23. The number of nitrogens with zero attached hydrogens (tertiary/aromatic N) is 3. The van der Waals surface area contributed by atoms with E-state index in [9.17, 15) is 0 Å². The van der Waals surface area contributed by atoms with E-state index in [1.807, 2.05) is 6.07 Å². The minimum Gasteiger partial charge on any atom is -0.241 e. The van der Waals surface area contributed by atoms with E-state index in [4.69, 9.17) is 10.5 Å². The van der Waals surface area contributed by atoms with Crippen molar-refractivity contribution in [3.8, 4) is 22.6 Å². The molecule has 0 spiro atoms. The first-order chi connectivity index (χ1) is 7.35. The van der Waals surface area contributed by atoms with Crippen LogP contribution in [-0.4, -0.2) is 4.98 Å². The fraction of sp³-hybridized carbons (Fsp3) is 0. The predicted octanol–water partition coefficient (Wildman–Crippen LogP) is 2.35. The van der Waals surface area contributed by atoms with E-state index in [1.54, 1.807) is 24.4 Å². The highest BCUT2D eigenvalue weighted by Gasteiger charge is 2.07. The van der Waals surface area contributed by atoms with Gasteiger partial charge in [0.25, 0.3) is 0 Å². The molecule has 1 heterocycles. The van der Waals surface area contributed by atoms with E-state index in [2.05, 4.69) is 16.6 Å². The quantitative estimate of drug-likeness (QED) is 0.725. The summed E-state index contributed by atoms with van der Waals surface area (Å²) in [5.41, 5.74) is 4.55. The van der Waals surface area contributed by atoms with Crippen molar-refractivity contribution in [2.24, 2.45) is 0 Å². The van der Waals surface area contributed by atoms with Gasteiger partial charge >= 0.3 is 0 Å². The maximum absolute atomic E-state index is 8.92. The zero-order valence-corrected chi connectivity index (χ0v) is 8.38. The van der Waals surface area contributed by atoms with Crippen molar-refractivity contribution in [3.05, 3.63) is 41.0 Å². The fourth-order valence-corrected chi connectivity index (χ4v) is 1.81. The Morgan fingerprint density at radius 2 is 2.13 bits per heavy atom. The molecule has 2 aromatic rings. The SMILES string of the molecule is N#Cc1ccc(C#N)c(-c2cn[c]s2)c1. The van der Waals surface area contributed by atoms with Gasteiger partial charge in [-0.1, -0.05) is 0 Å². The van der Waals surface area contributed by atoms with Gasteiger partial charge in [-0.05, 0) is 18.2 Å². The van der Waals surface area contributed by atoms with Crippen LogP contribution in [0.5, 0.6) is 0 Å². The molecule has 0 saturated carbocycles. The molecule has 3 nitrogen and oxygen atoms in total. The van der Waals surface area contributed by atoms with Gasteiger partial charge in [-0.2, -0.15) is 10.5 Å². The third kappa shape index (κ3) is 1.71. The summed E-state index contributed by atoms with van der Waals surface area (Å²) in [4.78, 5) is 4.68.